The molecule has 0 fully saturated rings. The van der Waals surface area contributed by atoms with Gasteiger partial charge in [0.25, 0.3) is 0 Å². The lowest BCUT2D eigenvalue weighted by molar-refractivity contribution is 0.123. The van der Waals surface area contributed by atoms with Crippen LogP contribution in [0.15, 0.2) is 36.7 Å². The summed E-state index contributed by atoms with van der Waals surface area (Å²) in [6, 6.07) is 9.99. The van der Waals surface area contributed by atoms with E-state index < -0.39 is 0 Å². The minimum absolute atomic E-state index is 0.0470. The number of ether oxygens (including phenoxy) is 1. The van der Waals surface area contributed by atoms with Crippen LogP contribution in [0, 0.1) is 6.92 Å². The average molecular weight is 244 g/mol. The number of nitrogens with zero attached hydrogens (tertiary/aromatic N) is 2. The molecule has 0 bridgehead atoms. The van der Waals surface area contributed by atoms with Crippen LogP contribution in [0.25, 0.3) is 0 Å². The molecule has 1 aromatic carbocycles. The molecule has 1 heterocycles. The Morgan fingerprint density at radius 3 is 2.67 bits per heavy atom. The van der Waals surface area contributed by atoms with Gasteiger partial charge in [-0.2, -0.15) is 0 Å². The Kier molecular flexibility index (Phi) is 4.25. The Bertz CT molecular complexity index is 480. The van der Waals surface area contributed by atoms with E-state index in [2.05, 4.69) is 9.97 Å². The molecule has 2 aromatic rings. The van der Waals surface area contributed by atoms with Gasteiger partial charge in [0.2, 0.25) is 5.88 Å². The molecule has 0 radical (unpaired) electrons. The van der Waals surface area contributed by atoms with E-state index in [1.165, 1.54) is 6.33 Å². The van der Waals surface area contributed by atoms with Crippen LogP contribution in [-0.4, -0.2) is 21.7 Å². The largest absolute Gasteiger partial charge is 0.493 e. The molecule has 0 aliphatic heterocycles. The summed E-state index contributed by atoms with van der Waals surface area (Å²) in [5.74, 6) is 0.0470. The van der Waals surface area contributed by atoms with E-state index in [-0.39, 0.29) is 5.88 Å². The van der Waals surface area contributed by atoms with Crippen LogP contribution in [0.3, 0.4) is 0 Å². The van der Waals surface area contributed by atoms with E-state index >= 15 is 0 Å². The van der Waals surface area contributed by atoms with Crippen molar-refractivity contribution in [3.8, 4) is 5.88 Å². The zero-order valence-electron chi connectivity index (χ0n) is 10.3. The van der Waals surface area contributed by atoms with Gasteiger partial charge < -0.3 is 9.84 Å². The summed E-state index contributed by atoms with van der Waals surface area (Å²) in [7, 11) is 0. The van der Waals surface area contributed by atoms with Crippen molar-refractivity contribution in [2.45, 2.75) is 20.0 Å². The van der Waals surface area contributed by atoms with Gasteiger partial charge in [0.15, 0.2) is 0 Å². The number of aromatic hydroxyl groups is 1. The number of aromatic nitrogens is 2. The molecular formula is C14H16N2O2. The summed E-state index contributed by atoms with van der Waals surface area (Å²) in [5, 5.41) is 9.60. The van der Waals surface area contributed by atoms with Crippen molar-refractivity contribution in [2.24, 2.45) is 0 Å². The molecule has 4 heteroatoms. The number of benzene rings is 1. The molecule has 0 saturated carbocycles. The van der Waals surface area contributed by atoms with E-state index in [0.717, 1.165) is 16.8 Å². The molecule has 1 aromatic heterocycles. The van der Waals surface area contributed by atoms with Gasteiger partial charge in [-0.05, 0) is 12.5 Å². The average Bonchev–Trinajstić information content (AvgIpc) is 2.38. The van der Waals surface area contributed by atoms with Crippen molar-refractivity contribution in [3.05, 3.63) is 53.5 Å². The molecule has 0 saturated heterocycles. The highest BCUT2D eigenvalue weighted by atomic mass is 16.5. The minimum Gasteiger partial charge on any atom is -0.493 e. The molecule has 0 spiro atoms. The van der Waals surface area contributed by atoms with E-state index in [0.29, 0.717) is 19.6 Å². The smallest absolute Gasteiger partial charge is 0.217 e. The van der Waals surface area contributed by atoms with Gasteiger partial charge in [-0.25, -0.2) is 9.97 Å². The van der Waals surface area contributed by atoms with Crippen LogP contribution >= 0.6 is 0 Å². The summed E-state index contributed by atoms with van der Waals surface area (Å²) in [6.07, 6.45) is 1.98. The Morgan fingerprint density at radius 1 is 1.17 bits per heavy atom. The van der Waals surface area contributed by atoms with Crippen molar-refractivity contribution >= 4 is 0 Å². The van der Waals surface area contributed by atoms with Gasteiger partial charge in [0.05, 0.1) is 13.2 Å². The zero-order valence-corrected chi connectivity index (χ0v) is 10.3. The molecule has 0 unspecified atom stereocenters. The number of aryl methyl sites for hydroxylation is 1. The van der Waals surface area contributed by atoms with Gasteiger partial charge in [-0.15, -0.1) is 0 Å². The highest BCUT2D eigenvalue weighted by Gasteiger charge is 2.06. The zero-order chi connectivity index (χ0) is 12.8. The molecule has 0 aliphatic carbocycles. The van der Waals surface area contributed by atoms with E-state index in [4.69, 9.17) is 4.74 Å². The van der Waals surface area contributed by atoms with E-state index in [9.17, 15) is 5.11 Å². The predicted octanol–water partition coefficient (Wildman–Crippen LogP) is 2.25. The monoisotopic (exact) mass is 244 g/mol. The normalized spacial score (nSPS) is 10.5. The Labute approximate surface area is 106 Å². The molecule has 0 aliphatic rings. The second kappa shape index (κ2) is 6.12. The molecule has 4 nitrogen and oxygen atoms in total. The maximum Gasteiger partial charge on any atom is 0.217 e. The standard InChI is InChI=1S/C14H16N2O2/c1-11-13(14(17)16-10-15-11)7-8-18-9-12-5-3-2-4-6-12/h2-6,10H,7-9H2,1H3,(H,15,16,17). The van der Waals surface area contributed by atoms with Crippen molar-refractivity contribution in [1.82, 2.24) is 9.97 Å². The molecule has 0 atom stereocenters. The van der Waals surface area contributed by atoms with E-state index in [1.807, 2.05) is 37.3 Å². The van der Waals surface area contributed by atoms with Gasteiger partial charge in [-0.1, -0.05) is 30.3 Å². The second-order valence-electron chi connectivity index (χ2n) is 4.05. The summed E-state index contributed by atoms with van der Waals surface area (Å²) >= 11 is 0. The topological polar surface area (TPSA) is 55.2 Å². The van der Waals surface area contributed by atoms with Crippen molar-refractivity contribution in [3.63, 3.8) is 0 Å². The maximum absolute atomic E-state index is 9.60. The molecule has 2 rings (SSSR count). The summed E-state index contributed by atoms with van der Waals surface area (Å²) < 4.78 is 5.57. The molecule has 1 N–H and O–H groups in total. The Morgan fingerprint density at radius 2 is 1.94 bits per heavy atom. The first-order valence-electron chi connectivity index (χ1n) is 5.88. The third kappa shape index (κ3) is 3.28. The first-order valence-corrected chi connectivity index (χ1v) is 5.88. The fourth-order valence-corrected chi connectivity index (χ4v) is 1.72. The van der Waals surface area contributed by atoms with Crippen LogP contribution in [0.4, 0.5) is 0 Å². The Hall–Kier alpha value is -1.94. The number of hydrogen-bond donors (Lipinski definition) is 1. The molecule has 0 amide bonds. The first-order chi connectivity index (χ1) is 8.77. The Balaban J connectivity index is 1.82. The minimum atomic E-state index is 0.0470. The highest BCUT2D eigenvalue weighted by Crippen LogP contribution is 2.15. The lowest BCUT2D eigenvalue weighted by Gasteiger charge is -2.07. The number of hydrogen-bond acceptors (Lipinski definition) is 4. The molecular weight excluding hydrogens is 228 g/mol. The van der Waals surface area contributed by atoms with Gasteiger partial charge in [-0.3, -0.25) is 0 Å². The first kappa shape index (κ1) is 12.5. The predicted molar refractivity (Wildman–Crippen MR) is 68.2 cm³/mol. The summed E-state index contributed by atoms with van der Waals surface area (Å²) in [4.78, 5) is 7.82. The highest BCUT2D eigenvalue weighted by molar-refractivity contribution is 5.27. The lowest BCUT2D eigenvalue weighted by atomic mass is 10.2. The second-order valence-corrected chi connectivity index (χ2v) is 4.05. The summed E-state index contributed by atoms with van der Waals surface area (Å²) in [5.41, 5.74) is 2.69. The van der Waals surface area contributed by atoms with Gasteiger partial charge >= 0.3 is 0 Å². The van der Waals surface area contributed by atoms with E-state index in [1.54, 1.807) is 0 Å². The van der Waals surface area contributed by atoms with Gasteiger partial charge in [0.1, 0.15) is 6.33 Å². The SMILES string of the molecule is Cc1ncnc(O)c1CCOCc1ccccc1. The quantitative estimate of drug-likeness (QED) is 0.820. The third-order valence-corrected chi connectivity index (χ3v) is 2.75. The van der Waals surface area contributed by atoms with Gasteiger partial charge in [0, 0.05) is 17.7 Å². The lowest BCUT2D eigenvalue weighted by Crippen LogP contribution is -2.03. The third-order valence-electron chi connectivity index (χ3n) is 2.75. The fourth-order valence-electron chi connectivity index (χ4n) is 1.72. The van der Waals surface area contributed by atoms with Crippen LogP contribution in [0.1, 0.15) is 16.8 Å². The summed E-state index contributed by atoms with van der Waals surface area (Å²) in [6.45, 7) is 2.97. The fraction of sp³-hybridized carbons (Fsp3) is 0.286. The van der Waals surface area contributed by atoms with Crippen molar-refractivity contribution in [1.29, 1.82) is 0 Å². The molecule has 94 valence electrons. The van der Waals surface area contributed by atoms with Crippen LogP contribution < -0.4 is 0 Å². The van der Waals surface area contributed by atoms with Crippen molar-refractivity contribution in [2.75, 3.05) is 6.61 Å². The number of rotatable bonds is 5. The van der Waals surface area contributed by atoms with Crippen LogP contribution in [0.5, 0.6) is 5.88 Å². The maximum atomic E-state index is 9.60. The van der Waals surface area contributed by atoms with Crippen molar-refractivity contribution < 1.29 is 9.84 Å². The van der Waals surface area contributed by atoms with Crippen LogP contribution in [0.2, 0.25) is 0 Å². The molecule has 18 heavy (non-hydrogen) atoms. The van der Waals surface area contributed by atoms with Crippen LogP contribution in [-0.2, 0) is 17.8 Å².